The number of nitrogens with zero attached hydrogens (tertiary/aromatic N) is 4. The summed E-state index contributed by atoms with van der Waals surface area (Å²) in [6.45, 7) is 0. The van der Waals surface area contributed by atoms with Crippen LogP contribution in [0.25, 0.3) is 16.9 Å². The van der Waals surface area contributed by atoms with E-state index >= 15 is 0 Å². The van der Waals surface area contributed by atoms with Crippen molar-refractivity contribution in [3.63, 3.8) is 0 Å². The Bertz CT molecular complexity index is 798. The Morgan fingerprint density at radius 1 is 1.14 bits per heavy atom. The summed E-state index contributed by atoms with van der Waals surface area (Å²) >= 11 is 0. The Hall–Kier alpha value is -2.27. The first-order valence-corrected chi connectivity index (χ1v) is 7.72. The number of hydrogen-bond acceptors (Lipinski definition) is 4. The summed E-state index contributed by atoms with van der Waals surface area (Å²) in [6, 6.07) is 9.92. The summed E-state index contributed by atoms with van der Waals surface area (Å²) in [6.07, 6.45) is 7.11. The van der Waals surface area contributed by atoms with Crippen molar-refractivity contribution in [3.05, 3.63) is 48.7 Å². The third-order valence-corrected chi connectivity index (χ3v) is 4.38. The van der Waals surface area contributed by atoms with Crippen molar-refractivity contribution in [2.45, 2.75) is 31.8 Å². The van der Waals surface area contributed by atoms with Gasteiger partial charge in [-0.25, -0.2) is 15.0 Å². The van der Waals surface area contributed by atoms with E-state index in [-0.39, 0.29) is 6.10 Å². The van der Waals surface area contributed by atoms with E-state index in [2.05, 4.69) is 15.0 Å². The first kappa shape index (κ1) is 13.4. The van der Waals surface area contributed by atoms with Gasteiger partial charge < -0.3 is 5.11 Å². The highest BCUT2D eigenvalue weighted by molar-refractivity contribution is 5.76. The first-order valence-electron chi connectivity index (χ1n) is 7.72. The third-order valence-electron chi connectivity index (χ3n) is 4.38. The Morgan fingerprint density at radius 3 is 2.91 bits per heavy atom. The molecule has 1 N–H and O–H groups in total. The summed E-state index contributed by atoms with van der Waals surface area (Å²) in [5.74, 6) is 2.18. The van der Waals surface area contributed by atoms with E-state index < -0.39 is 0 Å². The number of imidazole rings is 1. The molecule has 4 rings (SSSR count). The molecule has 1 fully saturated rings. The molecule has 0 radical (unpaired) electrons. The minimum Gasteiger partial charge on any atom is -0.393 e. The summed E-state index contributed by atoms with van der Waals surface area (Å²) in [5, 5.41) is 9.65. The molecule has 2 heterocycles. The van der Waals surface area contributed by atoms with Crippen molar-refractivity contribution in [3.8, 4) is 5.82 Å². The quantitative estimate of drug-likeness (QED) is 0.806. The fraction of sp³-hybridized carbons (Fsp3) is 0.353. The van der Waals surface area contributed by atoms with E-state index in [9.17, 15) is 5.11 Å². The zero-order chi connectivity index (χ0) is 14.9. The molecule has 0 spiro atoms. The average Bonchev–Trinajstić information content (AvgIpc) is 3.14. The Balaban J connectivity index is 1.64. The highest BCUT2D eigenvalue weighted by atomic mass is 16.3. The van der Waals surface area contributed by atoms with Crippen LogP contribution in [-0.4, -0.2) is 30.7 Å². The van der Waals surface area contributed by atoms with E-state index in [1.54, 1.807) is 12.5 Å². The second-order valence-corrected chi connectivity index (χ2v) is 5.97. The number of aliphatic hydroxyl groups is 1. The Kier molecular flexibility index (Phi) is 3.35. The van der Waals surface area contributed by atoms with Gasteiger partial charge in [0.15, 0.2) is 0 Å². The summed E-state index contributed by atoms with van der Waals surface area (Å²) in [7, 11) is 0. The molecule has 0 saturated heterocycles. The van der Waals surface area contributed by atoms with E-state index in [1.165, 1.54) is 0 Å². The third kappa shape index (κ3) is 2.48. The minimum atomic E-state index is -0.147. The maximum absolute atomic E-state index is 9.65. The van der Waals surface area contributed by atoms with Crippen molar-refractivity contribution >= 4 is 11.0 Å². The van der Waals surface area contributed by atoms with E-state index in [0.29, 0.717) is 5.92 Å². The molecular weight excluding hydrogens is 276 g/mol. The summed E-state index contributed by atoms with van der Waals surface area (Å²) in [5.41, 5.74) is 2.00. The molecule has 0 bridgehead atoms. The van der Waals surface area contributed by atoms with Gasteiger partial charge in [-0.2, -0.15) is 0 Å². The zero-order valence-electron chi connectivity index (χ0n) is 12.3. The fourth-order valence-electron chi connectivity index (χ4n) is 3.25. The largest absolute Gasteiger partial charge is 0.393 e. The van der Waals surface area contributed by atoms with Crippen LogP contribution in [0.3, 0.4) is 0 Å². The van der Waals surface area contributed by atoms with Crippen LogP contribution >= 0.6 is 0 Å². The Labute approximate surface area is 128 Å². The fourth-order valence-corrected chi connectivity index (χ4v) is 3.25. The van der Waals surface area contributed by atoms with E-state index in [1.807, 2.05) is 34.9 Å². The van der Waals surface area contributed by atoms with Gasteiger partial charge in [0.1, 0.15) is 18.0 Å². The van der Waals surface area contributed by atoms with Crippen molar-refractivity contribution < 1.29 is 5.11 Å². The van der Waals surface area contributed by atoms with Crippen LogP contribution in [0.15, 0.2) is 42.9 Å². The zero-order valence-corrected chi connectivity index (χ0v) is 12.3. The number of aromatic nitrogens is 4. The van der Waals surface area contributed by atoms with Crippen LogP contribution < -0.4 is 0 Å². The molecule has 2 aromatic heterocycles. The second kappa shape index (κ2) is 5.50. The molecule has 112 valence electrons. The minimum absolute atomic E-state index is 0.147. The maximum Gasteiger partial charge on any atom is 0.142 e. The van der Waals surface area contributed by atoms with Gasteiger partial charge in [-0.1, -0.05) is 12.1 Å². The smallest absolute Gasteiger partial charge is 0.142 e. The lowest BCUT2D eigenvalue weighted by atomic mass is 10.0. The number of rotatable bonds is 3. The van der Waals surface area contributed by atoms with Gasteiger partial charge in [0.2, 0.25) is 0 Å². The van der Waals surface area contributed by atoms with Crippen LogP contribution in [0, 0.1) is 5.92 Å². The predicted molar refractivity (Wildman–Crippen MR) is 83.7 cm³/mol. The van der Waals surface area contributed by atoms with Crippen molar-refractivity contribution in [1.82, 2.24) is 19.5 Å². The first-order chi connectivity index (χ1) is 10.8. The molecule has 1 aliphatic rings. The lowest BCUT2D eigenvalue weighted by Crippen LogP contribution is -2.08. The van der Waals surface area contributed by atoms with Crippen LogP contribution in [0.5, 0.6) is 0 Å². The van der Waals surface area contributed by atoms with Gasteiger partial charge >= 0.3 is 0 Å². The van der Waals surface area contributed by atoms with Crippen LogP contribution in [0.2, 0.25) is 0 Å². The molecule has 1 aromatic carbocycles. The van der Waals surface area contributed by atoms with Crippen molar-refractivity contribution in [2.24, 2.45) is 5.92 Å². The predicted octanol–water partition coefficient (Wildman–Crippen LogP) is 2.52. The number of hydrogen-bond donors (Lipinski definition) is 1. The summed E-state index contributed by atoms with van der Waals surface area (Å²) < 4.78 is 1.99. The van der Waals surface area contributed by atoms with Gasteiger partial charge in [-0.3, -0.25) is 4.57 Å². The van der Waals surface area contributed by atoms with Gasteiger partial charge in [0.25, 0.3) is 0 Å². The molecule has 0 unspecified atom stereocenters. The number of benzene rings is 1. The highest BCUT2D eigenvalue weighted by Crippen LogP contribution is 2.27. The molecule has 3 aromatic rings. The molecular formula is C17H18N4O. The van der Waals surface area contributed by atoms with Crippen molar-refractivity contribution in [2.75, 3.05) is 0 Å². The molecule has 0 aliphatic heterocycles. The molecule has 2 atom stereocenters. The van der Waals surface area contributed by atoms with Crippen LogP contribution in [0.1, 0.15) is 25.1 Å². The van der Waals surface area contributed by atoms with E-state index in [4.69, 9.17) is 0 Å². The molecule has 0 amide bonds. The molecule has 1 aliphatic carbocycles. The molecule has 22 heavy (non-hydrogen) atoms. The maximum atomic E-state index is 9.65. The molecule has 1 saturated carbocycles. The lowest BCUT2D eigenvalue weighted by Gasteiger charge is -2.09. The lowest BCUT2D eigenvalue weighted by molar-refractivity contribution is 0.177. The SMILES string of the molecule is O[C@H]1CC[C@H](Cc2nccc(-n3cnc4ccccc43)n2)C1. The van der Waals surface area contributed by atoms with E-state index in [0.717, 1.165) is 48.4 Å². The van der Waals surface area contributed by atoms with Crippen LogP contribution in [-0.2, 0) is 6.42 Å². The second-order valence-electron chi connectivity index (χ2n) is 5.97. The molecule has 5 nitrogen and oxygen atoms in total. The average molecular weight is 294 g/mol. The van der Waals surface area contributed by atoms with Gasteiger partial charge in [-0.15, -0.1) is 0 Å². The van der Waals surface area contributed by atoms with Gasteiger partial charge in [-0.05, 0) is 43.4 Å². The number of aliphatic hydroxyl groups excluding tert-OH is 1. The molecule has 5 heteroatoms. The number of para-hydroxylation sites is 2. The monoisotopic (exact) mass is 294 g/mol. The van der Waals surface area contributed by atoms with Crippen molar-refractivity contribution in [1.29, 1.82) is 0 Å². The standard InChI is InChI=1S/C17H18N4O/c22-13-6-5-12(9-13)10-16-18-8-7-17(20-16)21-11-19-14-3-1-2-4-15(14)21/h1-4,7-8,11-13,22H,5-6,9-10H2/t12-,13-/m0/s1. The normalized spacial score (nSPS) is 21.5. The van der Waals surface area contributed by atoms with Crippen LogP contribution in [0.4, 0.5) is 0 Å². The summed E-state index contributed by atoms with van der Waals surface area (Å²) in [4.78, 5) is 13.5. The van der Waals surface area contributed by atoms with Gasteiger partial charge in [0, 0.05) is 12.6 Å². The Morgan fingerprint density at radius 2 is 2.05 bits per heavy atom. The topological polar surface area (TPSA) is 63.8 Å². The van der Waals surface area contributed by atoms with Gasteiger partial charge in [0.05, 0.1) is 17.1 Å². The number of fused-ring (bicyclic) bond motifs is 1. The highest BCUT2D eigenvalue weighted by Gasteiger charge is 2.23.